The predicted octanol–water partition coefficient (Wildman–Crippen LogP) is 0.800. The first kappa shape index (κ1) is 14.2. The first-order valence-corrected chi connectivity index (χ1v) is 8.51. The summed E-state index contributed by atoms with van der Waals surface area (Å²) >= 11 is 0. The van der Waals surface area contributed by atoms with Crippen molar-refractivity contribution in [3.05, 3.63) is 24.3 Å². The fraction of sp³-hybridized carbons (Fsp3) is 0.462. The van der Waals surface area contributed by atoms with E-state index >= 15 is 0 Å². The number of rotatable bonds is 5. The molecule has 1 aliphatic rings. The van der Waals surface area contributed by atoms with Gasteiger partial charge in [0.05, 0.1) is 11.8 Å². The maximum Gasteiger partial charge on any atom is 0.213 e. The molecule has 0 amide bonds. The molecule has 8 heteroatoms. The molecule has 21 heavy (non-hydrogen) atoms. The van der Waals surface area contributed by atoms with Crippen LogP contribution in [0.15, 0.2) is 24.3 Å². The van der Waals surface area contributed by atoms with Crippen molar-refractivity contribution in [1.29, 1.82) is 0 Å². The Labute approximate surface area is 122 Å². The Hall–Kier alpha value is -1.80. The number of hydrogen-bond donors (Lipinski definition) is 0. The van der Waals surface area contributed by atoms with Crippen LogP contribution in [-0.4, -0.2) is 46.8 Å². The molecule has 0 aliphatic heterocycles. The number of para-hydroxylation sites is 1. The van der Waals surface area contributed by atoms with E-state index in [1.807, 2.05) is 6.07 Å². The van der Waals surface area contributed by atoms with E-state index < -0.39 is 16.2 Å². The maximum atomic E-state index is 12.5. The molecule has 1 aromatic carbocycles. The summed E-state index contributed by atoms with van der Waals surface area (Å²) < 4.78 is 26.2. The third-order valence-electron chi connectivity index (χ3n) is 3.71. The summed E-state index contributed by atoms with van der Waals surface area (Å²) in [5.74, 6) is -0.208. The van der Waals surface area contributed by atoms with E-state index in [0.29, 0.717) is 11.0 Å². The van der Waals surface area contributed by atoms with Gasteiger partial charge in [-0.25, -0.2) is 13.1 Å². The van der Waals surface area contributed by atoms with Crippen molar-refractivity contribution in [3.63, 3.8) is 0 Å². The minimum Gasteiger partial charge on any atom is -0.295 e. The van der Waals surface area contributed by atoms with Crippen molar-refractivity contribution in [2.24, 2.45) is 5.92 Å². The second kappa shape index (κ2) is 4.88. The number of likely N-dealkylation sites (N-methyl/N-ethyl adjacent to an activating group) is 1. The quantitative estimate of drug-likeness (QED) is 0.815. The molecule has 1 unspecified atom stereocenters. The Balaban J connectivity index is 2.12. The summed E-state index contributed by atoms with van der Waals surface area (Å²) in [4.78, 5) is 12.5. The van der Waals surface area contributed by atoms with E-state index in [2.05, 4.69) is 10.3 Å². The molecule has 0 N–H and O–H groups in total. The molecule has 0 radical (unpaired) electrons. The summed E-state index contributed by atoms with van der Waals surface area (Å²) in [7, 11) is -2.12. The zero-order valence-corrected chi connectivity index (χ0v) is 12.6. The smallest absolute Gasteiger partial charge is 0.213 e. The van der Waals surface area contributed by atoms with Crippen LogP contribution < -0.4 is 0 Å². The lowest BCUT2D eigenvalue weighted by Crippen LogP contribution is -2.40. The van der Waals surface area contributed by atoms with E-state index in [9.17, 15) is 13.2 Å². The van der Waals surface area contributed by atoms with Crippen LogP contribution in [0.1, 0.15) is 19.0 Å². The van der Waals surface area contributed by atoms with E-state index in [0.717, 1.165) is 23.4 Å². The monoisotopic (exact) mass is 308 g/mol. The molecular formula is C13H16N4O3S. The van der Waals surface area contributed by atoms with Gasteiger partial charge in [-0.15, -0.1) is 5.10 Å². The Bertz CT molecular complexity index is 795. The molecule has 1 atom stereocenters. The Morgan fingerprint density at radius 3 is 2.67 bits per heavy atom. The van der Waals surface area contributed by atoms with E-state index in [1.54, 1.807) is 18.2 Å². The molecule has 1 aromatic heterocycles. The van der Waals surface area contributed by atoms with Gasteiger partial charge in [-0.05, 0) is 25.0 Å². The van der Waals surface area contributed by atoms with Gasteiger partial charge in [0.15, 0.2) is 11.9 Å². The van der Waals surface area contributed by atoms with Crippen LogP contribution >= 0.6 is 0 Å². The van der Waals surface area contributed by atoms with Crippen LogP contribution in [0, 0.1) is 5.92 Å². The van der Waals surface area contributed by atoms with Crippen molar-refractivity contribution >= 4 is 26.8 Å². The highest BCUT2D eigenvalue weighted by atomic mass is 32.2. The number of carbonyl (C=O) groups is 1. The van der Waals surface area contributed by atoms with Crippen LogP contribution in [0.4, 0.5) is 0 Å². The molecule has 7 nitrogen and oxygen atoms in total. The fourth-order valence-corrected chi connectivity index (χ4v) is 2.84. The number of Topliss-reactive ketones (excluding diaryl/α,β-unsaturated/α-hetero) is 1. The van der Waals surface area contributed by atoms with Crippen molar-refractivity contribution in [3.8, 4) is 0 Å². The fourth-order valence-electron chi connectivity index (χ4n) is 2.28. The van der Waals surface area contributed by atoms with Crippen LogP contribution in [-0.2, 0) is 14.8 Å². The minimum absolute atomic E-state index is 0.0813. The molecular weight excluding hydrogens is 292 g/mol. The molecule has 1 heterocycles. The van der Waals surface area contributed by atoms with Crippen molar-refractivity contribution in [2.45, 2.75) is 19.0 Å². The Kier molecular flexibility index (Phi) is 3.29. The highest BCUT2D eigenvalue weighted by molar-refractivity contribution is 7.88. The van der Waals surface area contributed by atoms with Gasteiger partial charge in [0.2, 0.25) is 10.0 Å². The second-order valence-electron chi connectivity index (χ2n) is 5.35. The Morgan fingerprint density at radius 1 is 1.38 bits per heavy atom. The second-order valence-corrected chi connectivity index (χ2v) is 7.39. The number of sulfonamides is 1. The van der Waals surface area contributed by atoms with Gasteiger partial charge in [-0.1, -0.05) is 17.3 Å². The number of fused-ring (bicyclic) bond motifs is 1. The van der Waals surface area contributed by atoms with Gasteiger partial charge >= 0.3 is 0 Å². The summed E-state index contributed by atoms with van der Waals surface area (Å²) in [6.45, 7) is 0. The van der Waals surface area contributed by atoms with Gasteiger partial charge in [0.25, 0.3) is 0 Å². The molecule has 0 saturated heterocycles. The van der Waals surface area contributed by atoms with Crippen LogP contribution in [0.5, 0.6) is 0 Å². The number of carbonyl (C=O) groups excluding carboxylic acids is 1. The molecule has 0 bridgehead atoms. The predicted molar refractivity (Wildman–Crippen MR) is 76.9 cm³/mol. The van der Waals surface area contributed by atoms with Crippen LogP contribution in [0.25, 0.3) is 11.0 Å². The topological polar surface area (TPSA) is 85.2 Å². The summed E-state index contributed by atoms with van der Waals surface area (Å²) in [5, 5.41) is 8.01. The third kappa shape index (κ3) is 2.56. The summed E-state index contributed by atoms with van der Waals surface area (Å²) in [6.07, 6.45) is 1.72. The first-order valence-electron chi connectivity index (χ1n) is 6.66. The zero-order valence-electron chi connectivity index (χ0n) is 11.8. The molecule has 1 fully saturated rings. The van der Waals surface area contributed by atoms with E-state index in [4.69, 9.17) is 0 Å². The molecule has 2 aromatic rings. The molecule has 3 rings (SSSR count). The van der Waals surface area contributed by atoms with Crippen LogP contribution in [0.2, 0.25) is 0 Å². The average Bonchev–Trinajstić information content (AvgIpc) is 3.20. The summed E-state index contributed by atoms with van der Waals surface area (Å²) in [6, 6.07) is 7.18. The maximum absolute atomic E-state index is 12.5. The van der Waals surface area contributed by atoms with Gasteiger partial charge in [-0.3, -0.25) is 4.79 Å². The van der Waals surface area contributed by atoms with Crippen LogP contribution in [0.3, 0.4) is 0 Å². The molecule has 1 aliphatic carbocycles. The Morgan fingerprint density at radius 2 is 2.05 bits per heavy atom. The molecule has 0 spiro atoms. The third-order valence-corrected chi connectivity index (χ3v) is 4.96. The summed E-state index contributed by atoms with van der Waals surface area (Å²) in [5.41, 5.74) is 1.28. The van der Waals surface area contributed by atoms with Gasteiger partial charge < -0.3 is 0 Å². The van der Waals surface area contributed by atoms with Gasteiger partial charge in [0, 0.05) is 13.0 Å². The largest absolute Gasteiger partial charge is 0.295 e. The molecule has 112 valence electrons. The highest BCUT2D eigenvalue weighted by Gasteiger charge is 2.41. The molecule has 1 saturated carbocycles. The minimum atomic E-state index is -3.52. The average molecular weight is 308 g/mol. The van der Waals surface area contributed by atoms with Crippen molar-refractivity contribution in [2.75, 3.05) is 13.3 Å². The zero-order chi connectivity index (χ0) is 15.2. The lowest BCUT2D eigenvalue weighted by molar-refractivity contribution is -0.126. The number of nitrogens with zero attached hydrogens (tertiary/aromatic N) is 4. The van der Waals surface area contributed by atoms with Crippen molar-refractivity contribution < 1.29 is 13.2 Å². The number of ketones is 1. The van der Waals surface area contributed by atoms with Crippen molar-refractivity contribution in [1.82, 2.24) is 19.3 Å². The van der Waals surface area contributed by atoms with E-state index in [-0.39, 0.29) is 11.7 Å². The number of hydrogen-bond acceptors (Lipinski definition) is 5. The standard InChI is InChI=1S/C13H16N4O3S/c1-16(21(2,19)20)13(12(18)9-7-8-9)17-11-6-4-3-5-10(11)14-15-17/h3-6,9,13H,7-8H2,1-2H3. The SMILES string of the molecule is CN(C(C(=O)C1CC1)n1nnc2ccccc21)S(C)(=O)=O. The normalized spacial score (nSPS) is 17.3. The van der Waals surface area contributed by atoms with Gasteiger partial charge in [0.1, 0.15) is 5.52 Å². The lowest BCUT2D eigenvalue weighted by atomic mass is 10.2. The number of benzene rings is 1. The first-order chi connectivity index (χ1) is 9.89. The van der Waals surface area contributed by atoms with E-state index in [1.165, 1.54) is 11.7 Å². The van der Waals surface area contributed by atoms with Gasteiger partial charge in [-0.2, -0.15) is 4.31 Å². The number of aromatic nitrogens is 3. The highest BCUT2D eigenvalue weighted by Crippen LogP contribution is 2.35. The lowest BCUT2D eigenvalue weighted by Gasteiger charge is -2.25.